The van der Waals surface area contributed by atoms with Crippen LogP contribution in [0.1, 0.15) is 16.5 Å². The van der Waals surface area contributed by atoms with Gasteiger partial charge < -0.3 is 5.11 Å². The van der Waals surface area contributed by atoms with Gasteiger partial charge in [0.1, 0.15) is 0 Å². The van der Waals surface area contributed by atoms with E-state index in [1.54, 1.807) is 11.3 Å². The SMILES string of the molecule is OC(Cc1ccc(Br)s1)c1ccccc1I. The molecule has 0 bridgehead atoms. The molecule has 1 atom stereocenters. The van der Waals surface area contributed by atoms with E-state index in [0.717, 1.165) is 12.9 Å². The Morgan fingerprint density at radius 3 is 2.62 bits per heavy atom. The first-order valence-electron chi connectivity index (χ1n) is 4.83. The normalized spacial score (nSPS) is 12.7. The molecule has 2 aromatic rings. The number of thiophene rings is 1. The third-order valence-electron chi connectivity index (χ3n) is 2.29. The number of hydrogen-bond donors (Lipinski definition) is 1. The fourth-order valence-electron chi connectivity index (χ4n) is 1.51. The number of halogens is 2. The van der Waals surface area contributed by atoms with Crippen LogP contribution in [0.2, 0.25) is 0 Å². The number of aliphatic hydroxyl groups is 1. The van der Waals surface area contributed by atoms with Gasteiger partial charge in [0.15, 0.2) is 0 Å². The maximum Gasteiger partial charge on any atom is 0.0848 e. The van der Waals surface area contributed by atoms with Crippen molar-refractivity contribution in [2.75, 3.05) is 0 Å². The van der Waals surface area contributed by atoms with Crippen LogP contribution in [-0.2, 0) is 6.42 Å². The summed E-state index contributed by atoms with van der Waals surface area (Å²) in [4.78, 5) is 1.19. The van der Waals surface area contributed by atoms with Crippen molar-refractivity contribution >= 4 is 49.9 Å². The minimum atomic E-state index is -0.418. The molecular formula is C12H10BrIOS. The monoisotopic (exact) mass is 408 g/mol. The molecule has 1 aromatic heterocycles. The molecule has 0 saturated carbocycles. The van der Waals surface area contributed by atoms with E-state index in [9.17, 15) is 5.11 Å². The van der Waals surface area contributed by atoms with Crippen LogP contribution in [0.3, 0.4) is 0 Å². The molecule has 0 aliphatic heterocycles. The summed E-state index contributed by atoms with van der Waals surface area (Å²) >= 11 is 7.36. The van der Waals surface area contributed by atoms with Gasteiger partial charge >= 0.3 is 0 Å². The van der Waals surface area contributed by atoms with Gasteiger partial charge in [-0.2, -0.15) is 0 Å². The zero-order chi connectivity index (χ0) is 11.5. The van der Waals surface area contributed by atoms with E-state index in [1.165, 1.54) is 4.88 Å². The fourth-order valence-corrected chi connectivity index (χ4v) is 3.77. The molecule has 0 aliphatic rings. The van der Waals surface area contributed by atoms with Crippen LogP contribution in [0.15, 0.2) is 40.2 Å². The van der Waals surface area contributed by atoms with Crippen LogP contribution < -0.4 is 0 Å². The first-order valence-corrected chi connectivity index (χ1v) is 7.52. The predicted molar refractivity (Wildman–Crippen MR) is 79.8 cm³/mol. The van der Waals surface area contributed by atoms with Gasteiger partial charge in [-0.3, -0.25) is 0 Å². The Hall–Kier alpha value is 0.0900. The Morgan fingerprint density at radius 1 is 1.25 bits per heavy atom. The second-order valence-corrected chi connectivity index (χ2v) is 7.16. The topological polar surface area (TPSA) is 20.2 Å². The van der Waals surface area contributed by atoms with E-state index in [4.69, 9.17) is 0 Å². The highest BCUT2D eigenvalue weighted by atomic mass is 127. The van der Waals surface area contributed by atoms with Gasteiger partial charge in [-0.05, 0) is 62.3 Å². The second-order valence-electron chi connectivity index (χ2n) is 3.45. The van der Waals surface area contributed by atoms with Crippen molar-refractivity contribution in [3.8, 4) is 0 Å². The molecule has 0 spiro atoms. The number of benzene rings is 1. The van der Waals surface area contributed by atoms with Gasteiger partial charge in [0, 0.05) is 14.9 Å². The molecule has 16 heavy (non-hydrogen) atoms. The van der Waals surface area contributed by atoms with Crippen molar-refractivity contribution in [1.82, 2.24) is 0 Å². The predicted octanol–water partition coefficient (Wildman–Crippen LogP) is 4.39. The molecule has 0 radical (unpaired) electrons. The molecule has 1 heterocycles. The van der Waals surface area contributed by atoms with E-state index in [-0.39, 0.29) is 0 Å². The largest absolute Gasteiger partial charge is 0.388 e. The summed E-state index contributed by atoms with van der Waals surface area (Å²) in [5, 5.41) is 10.2. The van der Waals surface area contributed by atoms with Gasteiger partial charge in [-0.1, -0.05) is 18.2 Å². The van der Waals surface area contributed by atoms with Crippen LogP contribution in [0.4, 0.5) is 0 Å². The van der Waals surface area contributed by atoms with E-state index < -0.39 is 6.10 Å². The Morgan fingerprint density at radius 2 is 2.00 bits per heavy atom. The molecule has 1 aromatic carbocycles. The lowest BCUT2D eigenvalue weighted by Gasteiger charge is -2.11. The Bertz CT molecular complexity index is 483. The molecule has 0 aliphatic carbocycles. The molecule has 84 valence electrons. The molecule has 1 nitrogen and oxygen atoms in total. The minimum absolute atomic E-state index is 0.418. The van der Waals surface area contributed by atoms with Crippen LogP contribution >= 0.6 is 49.9 Å². The zero-order valence-electron chi connectivity index (χ0n) is 8.36. The van der Waals surface area contributed by atoms with Gasteiger partial charge in [0.25, 0.3) is 0 Å². The first-order chi connectivity index (χ1) is 7.66. The average molecular weight is 409 g/mol. The van der Waals surface area contributed by atoms with Gasteiger partial charge in [-0.25, -0.2) is 0 Å². The molecule has 1 N–H and O–H groups in total. The Balaban J connectivity index is 2.14. The zero-order valence-corrected chi connectivity index (χ0v) is 12.9. The molecule has 0 fully saturated rings. The van der Waals surface area contributed by atoms with Gasteiger partial charge in [-0.15, -0.1) is 11.3 Å². The summed E-state index contributed by atoms with van der Waals surface area (Å²) in [6.45, 7) is 0. The molecule has 4 heteroatoms. The van der Waals surface area contributed by atoms with Gasteiger partial charge in [0.2, 0.25) is 0 Å². The highest BCUT2D eigenvalue weighted by Gasteiger charge is 2.12. The molecule has 1 unspecified atom stereocenters. The first kappa shape index (κ1) is 12.5. The lowest BCUT2D eigenvalue weighted by Crippen LogP contribution is -2.02. The van der Waals surface area contributed by atoms with E-state index in [1.807, 2.05) is 36.4 Å². The maximum atomic E-state index is 10.2. The summed E-state index contributed by atoms with van der Waals surface area (Å²) in [6, 6.07) is 12.0. The summed E-state index contributed by atoms with van der Waals surface area (Å²) in [7, 11) is 0. The van der Waals surface area contributed by atoms with Crippen molar-refractivity contribution in [2.45, 2.75) is 12.5 Å². The quantitative estimate of drug-likeness (QED) is 0.746. The molecule has 0 saturated heterocycles. The number of hydrogen-bond acceptors (Lipinski definition) is 2. The standard InChI is InChI=1S/C12H10BrIOS/c13-12-6-5-8(16-12)7-11(15)9-3-1-2-4-10(9)14/h1-6,11,15H,7H2. The fraction of sp³-hybridized carbons (Fsp3) is 0.167. The minimum Gasteiger partial charge on any atom is -0.388 e. The lowest BCUT2D eigenvalue weighted by atomic mass is 10.1. The highest BCUT2D eigenvalue weighted by Crippen LogP contribution is 2.28. The summed E-state index contributed by atoms with van der Waals surface area (Å²) in [6.07, 6.45) is 0.259. The molecule has 2 rings (SSSR count). The number of rotatable bonds is 3. The van der Waals surface area contributed by atoms with Crippen molar-refractivity contribution in [2.24, 2.45) is 0 Å². The second kappa shape index (κ2) is 5.62. The van der Waals surface area contributed by atoms with E-state index >= 15 is 0 Å². The lowest BCUT2D eigenvalue weighted by molar-refractivity contribution is 0.178. The van der Waals surface area contributed by atoms with Crippen LogP contribution in [0, 0.1) is 3.57 Å². The Labute approximate surface area is 121 Å². The van der Waals surface area contributed by atoms with Crippen molar-refractivity contribution < 1.29 is 5.11 Å². The van der Waals surface area contributed by atoms with Crippen LogP contribution in [0.5, 0.6) is 0 Å². The number of aliphatic hydroxyl groups excluding tert-OH is 1. The van der Waals surface area contributed by atoms with E-state index in [2.05, 4.69) is 38.5 Å². The van der Waals surface area contributed by atoms with Crippen LogP contribution in [-0.4, -0.2) is 5.11 Å². The maximum absolute atomic E-state index is 10.2. The van der Waals surface area contributed by atoms with Crippen LogP contribution in [0.25, 0.3) is 0 Å². The van der Waals surface area contributed by atoms with Crippen molar-refractivity contribution in [3.05, 3.63) is 54.2 Å². The summed E-state index contributed by atoms with van der Waals surface area (Å²) in [5.41, 5.74) is 1.01. The third-order valence-corrected chi connectivity index (χ3v) is 4.92. The summed E-state index contributed by atoms with van der Waals surface area (Å²) < 4.78 is 2.22. The molecule has 0 amide bonds. The smallest absolute Gasteiger partial charge is 0.0848 e. The molecular weight excluding hydrogens is 399 g/mol. The average Bonchev–Trinajstić information content (AvgIpc) is 2.64. The van der Waals surface area contributed by atoms with Crippen molar-refractivity contribution in [3.63, 3.8) is 0 Å². The Kier molecular flexibility index (Phi) is 4.41. The third kappa shape index (κ3) is 3.06. The van der Waals surface area contributed by atoms with E-state index in [0.29, 0.717) is 6.42 Å². The highest BCUT2D eigenvalue weighted by molar-refractivity contribution is 14.1. The van der Waals surface area contributed by atoms with Gasteiger partial charge in [0.05, 0.1) is 9.89 Å². The summed E-state index contributed by atoms with van der Waals surface area (Å²) in [5.74, 6) is 0. The van der Waals surface area contributed by atoms with Crippen molar-refractivity contribution in [1.29, 1.82) is 0 Å².